The Hall–Kier alpha value is -1.06. The fourth-order valence-corrected chi connectivity index (χ4v) is 2.95. The van der Waals surface area contributed by atoms with Gasteiger partial charge in [-0.1, -0.05) is 13.8 Å². The molecule has 0 aliphatic carbocycles. The largest absolute Gasteiger partial charge is 0.467 e. The van der Waals surface area contributed by atoms with Crippen molar-refractivity contribution in [1.29, 1.82) is 0 Å². The van der Waals surface area contributed by atoms with Crippen molar-refractivity contribution in [3.05, 3.63) is 46.0 Å². The van der Waals surface area contributed by atoms with E-state index < -0.39 is 0 Å². The lowest BCUT2D eigenvalue weighted by molar-refractivity contribution is 0.454. The van der Waals surface area contributed by atoms with Gasteiger partial charge >= 0.3 is 0 Å². The molecule has 2 nitrogen and oxygen atoms in total. The summed E-state index contributed by atoms with van der Waals surface area (Å²) in [6.45, 7) is 5.25. The van der Waals surface area contributed by atoms with Gasteiger partial charge in [0.25, 0.3) is 0 Å². The van der Waals surface area contributed by atoms with E-state index in [1.165, 1.54) is 10.4 Å². The van der Waals surface area contributed by atoms with Gasteiger partial charge in [0.15, 0.2) is 0 Å². The monoisotopic (exact) mass is 235 g/mol. The molecule has 0 bridgehead atoms. The van der Waals surface area contributed by atoms with E-state index in [1.807, 2.05) is 12.1 Å². The van der Waals surface area contributed by atoms with E-state index in [0.717, 1.165) is 18.7 Å². The topological polar surface area (TPSA) is 25.2 Å². The maximum atomic E-state index is 5.52. The second-order valence-electron chi connectivity index (χ2n) is 3.67. The number of aryl methyl sites for hydroxylation is 1. The van der Waals surface area contributed by atoms with Crippen LogP contribution >= 0.6 is 11.3 Å². The summed E-state index contributed by atoms with van der Waals surface area (Å²) in [7, 11) is 0. The van der Waals surface area contributed by atoms with Gasteiger partial charge in [0.2, 0.25) is 0 Å². The highest BCUT2D eigenvalue weighted by Crippen LogP contribution is 2.30. The predicted molar refractivity (Wildman–Crippen MR) is 67.9 cm³/mol. The zero-order valence-corrected chi connectivity index (χ0v) is 10.5. The Kier molecular flexibility index (Phi) is 3.80. The van der Waals surface area contributed by atoms with Crippen molar-refractivity contribution in [2.24, 2.45) is 0 Å². The summed E-state index contributed by atoms with van der Waals surface area (Å²) >= 11 is 1.80. The van der Waals surface area contributed by atoms with E-state index in [4.69, 9.17) is 4.42 Å². The molecule has 0 saturated heterocycles. The van der Waals surface area contributed by atoms with Crippen LogP contribution in [-0.2, 0) is 6.42 Å². The van der Waals surface area contributed by atoms with Crippen molar-refractivity contribution in [2.75, 3.05) is 6.54 Å². The first-order chi connectivity index (χ1) is 7.86. The van der Waals surface area contributed by atoms with Gasteiger partial charge in [0.05, 0.1) is 6.26 Å². The molecule has 1 N–H and O–H groups in total. The van der Waals surface area contributed by atoms with Crippen molar-refractivity contribution < 1.29 is 4.42 Å². The van der Waals surface area contributed by atoms with Gasteiger partial charge < -0.3 is 9.73 Å². The van der Waals surface area contributed by atoms with Crippen LogP contribution in [0.25, 0.3) is 0 Å². The highest BCUT2D eigenvalue weighted by atomic mass is 32.1. The molecule has 3 heteroatoms. The molecule has 0 spiro atoms. The first-order valence-electron chi connectivity index (χ1n) is 5.69. The molecule has 2 rings (SSSR count). The number of rotatable bonds is 5. The van der Waals surface area contributed by atoms with Crippen LogP contribution in [-0.4, -0.2) is 6.54 Å². The maximum Gasteiger partial charge on any atom is 0.126 e. The Morgan fingerprint density at radius 2 is 2.25 bits per heavy atom. The third-order valence-electron chi connectivity index (χ3n) is 2.66. The number of nitrogens with one attached hydrogen (secondary N) is 1. The standard InChI is InChI=1S/C13H17NOS/c1-3-10-7-9-16-13(10)12(14-4-2)11-6-5-8-15-11/h5-9,12,14H,3-4H2,1-2H3. The average Bonchev–Trinajstić information content (AvgIpc) is 2.96. The smallest absolute Gasteiger partial charge is 0.126 e. The third-order valence-corrected chi connectivity index (χ3v) is 3.68. The number of furan rings is 1. The first-order valence-corrected chi connectivity index (χ1v) is 6.57. The van der Waals surface area contributed by atoms with E-state index in [2.05, 4.69) is 30.6 Å². The summed E-state index contributed by atoms with van der Waals surface area (Å²) in [6, 6.07) is 6.38. The van der Waals surface area contributed by atoms with Crippen molar-refractivity contribution >= 4 is 11.3 Å². The fraction of sp³-hybridized carbons (Fsp3) is 0.385. The Morgan fingerprint density at radius 1 is 1.38 bits per heavy atom. The quantitative estimate of drug-likeness (QED) is 0.856. The van der Waals surface area contributed by atoms with Crippen molar-refractivity contribution in [3.8, 4) is 0 Å². The molecule has 0 aromatic carbocycles. The Labute approximate surface area is 100 Å². The molecule has 86 valence electrons. The zero-order chi connectivity index (χ0) is 11.4. The zero-order valence-electron chi connectivity index (χ0n) is 9.69. The fourth-order valence-electron chi connectivity index (χ4n) is 1.87. The first kappa shape index (κ1) is 11.4. The van der Waals surface area contributed by atoms with Gasteiger partial charge in [-0.3, -0.25) is 0 Å². The molecular weight excluding hydrogens is 218 g/mol. The summed E-state index contributed by atoms with van der Waals surface area (Å²) in [5.74, 6) is 0.999. The normalized spacial score (nSPS) is 12.9. The minimum Gasteiger partial charge on any atom is -0.467 e. The molecule has 0 amide bonds. The van der Waals surface area contributed by atoms with Crippen LogP contribution in [0.2, 0.25) is 0 Å². The number of thiophene rings is 1. The van der Waals surface area contributed by atoms with E-state index in [9.17, 15) is 0 Å². The Bertz CT molecular complexity index is 419. The van der Waals surface area contributed by atoms with Gasteiger partial charge in [-0.25, -0.2) is 0 Å². The summed E-state index contributed by atoms with van der Waals surface area (Å²) in [5.41, 5.74) is 1.41. The van der Waals surface area contributed by atoms with Crippen molar-refractivity contribution in [2.45, 2.75) is 26.3 Å². The number of hydrogen-bond acceptors (Lipinski definition) is 3. The van der Waals surface area contributed by atoms with Gasteiger partial charge in [0.1, 0.15) is 11.8 Å². The lowest BCUT2D eigenvalue weighted by atomic mass is 10.1. The van der Waals surface area contributed by atoms with Crippen LogP contribution in [0.4, 0.5) is 0 Å². The van der Waals surface area contributed by atoms with Gasteiger partial charge in [-0.05, 0) is 42.1 Å². The molecule has 1 atom stereocenters. The van der Waals surface area contributed by atoms with Crippen LogP contribution in [0.1, 0.15) is 36.1 Å². The summed E-state index contributed by atoms with van der Waals surface area (Å²) in [5, 5.41) is 5.63. The number of hydrogen-bond donors (Lipinski definition) is 1. The molecule has 0 saturated carbocycles. The van der Waals surface area contributed by atoms with E-state index in [1.54, 1.807) is 17.6 Å². The van der Waals surface area contributed by atoms with Gasteiger partial charge in [-0.2, -0.15) is 0 Å². The highest BCUT2D eigenvalue weighted by molar-refractivity contribution is 7.10. The summed E-state index contributed by atoms with van der Waals surface area (Å²) in [4.78, 5) is 1.37. The third kappa shape index (κ3) is 2.20. The van der Waals surface area contributed by atoms with Crippen LogP contribution in [0.3, 0.4) is 0 Å². The van der Waals surface area contributed by atoms with Crippen LogP contribution in [0.15, 0.2) is 34.3 Å². The average molecular weight is 235 g/mol. The molecule has 2 aromatic heterocycles. The van der Waals surface area contributed by atoms with Crippen molar-refractivity contribution in [1.82, 2.24) is 5.32 Å². The minimum atomic E-state index is 0.204. The highest BCUT2D eigenvalue weighted by Gasteiger charge is 2.19. The molecule has 2 heterocycles. The minimum absolute atomic E-state index is 0.204. The molecule has 1 unspecified atom stereocenters. The van der Waals surface area contributed by atoms with Gasteiger partial charge in [0, 0.05) is 4.88 Å². The molecule has 0 radical (unpaired) electrons. The second-order valence-corrected chi connectivity index (χ2v) is 4.62. The predicted octanol–water partition coefficient (Wildman–Crippen LogP) is 3.60. The molecule has 0 fully saturated rings. The van der Waals surface area contributed by atoms with Gasteiger partial charge in [-0.15, -0.1) is 11.3 Å². The van der Waals surface area contributed by atoms with Crippen LogP contribution in [0, 0.1) is 0 Å². The molecule has 0 aliphatic heterocycles. The SMILES string of the molecule is CCNC(c1ccco1)c1sccc1CC. The van der Waals surface area contributed by atoms with E-state index >= 15 is 0 Å². The lowest BCUT2D eigenvalue weighted by Crippen LogP contribution is -2.21. The van der Waals surface area contributed by atoms with Crippen molar-refractivity contribution in [3.63, 3.8) is 0 Å². The van der Waals surface area contributed by atoms with E-state index in [-0.39, 0.29) is 6.04 Å². The maximum absolute atomic E-state index is 5.52. The molecular formula is C13H17NOS. The molecule has 0 aliphatic rings. The summed E-state index contributed by atoms with van der Waals surface area (Å²) < 4.78 is 5.52. The molecule has 2 aromatic rings. The van der Waals surface area contributed by atoms with Crippen LogP contribution in [0.5, 0.6) is 0 Å². The van der Waals surface area contributed by atoms with Crippen LogP contribution < -0.4 is 5.32 Å². The molecule has 16 heavy (non-hydrogen) atoms. The van der Waals surface area contributed by atoms with E-state index in [0.29, 0.717) is 0 Å². The Morgan fingerprint density at radius 3 is 2.88 bits per heavy atom. The second kappa shape index (κ2) is 5.32. The Balaban J connectivity index is 2.33. The lowest BCUT2D eigenvalue weighted by Gasteiger charge is -2.15. The summed E-state index contributed by atoms with van der Waals surface area (Å²) in [6.07, 6.45) is 2.81.